The van der Waals surface area contributed by atoms with Crippen LogP contribution in [0.15, 0.2) is 17.5 Å². The molecule has 1 aliphatic rings. The molecule has 5 nitrogen and oxygen atoms in total. The first-order valence-corrected chi connectivity index (χ1v) is 6.86. The largest absolute Gasteiger partial charge is 0.314 e. The lowest BCUT2D eigenvalue weighted by molar-refractivity contribution is 0.392. The van der Waals surface area contributed by atoms with Crippen molar-refractivity contribution in [2.24, 2.45) is 0 Å². The highest BCUT2D eigenvalue weighted by Gasteiger charge is 2.17. The summed E-state index contributed by atoms with van der Waals surface area (Å²) in [6, 6.07) is 4.58. The zero-order valence-electron chi connectivity index (χ0n) is 9.54. The molecule has 1 saturated heterocycles. The fourth-order valence-electron chi connectivity index (χ4n) is 2.21. The highest BCUT2D eigenvalue weighted by molar-refractivity contribution is 7.12. The van der Waals surface area contributed by atoms with Crippen molar-refractivity contribution < 1.29 is 0 Å². The number of piperidine rings is 1. The Morgan fingerprint density at radius 3 is 3.24 bits per heavy atom. The maximum atomic E-state index is 4.13. The molecular weight excluding hydrogens is 234 g/mol. The van der Waals surface area contributed by atoms with Gasteiger partial charge in [0.05, 0.1) is 0 Å². The van der Waals surface area contributed by atoms with E-state index in [1.165, 1.54) is 19.3 Å². The Kier molecular flexibility index (Phi) is 3.15. The van der Waals surface area contributed by atoms with Gasteiger partial charge >= 0.3 is 0 Å². The van der Waals surface area contributed by atoms with Crippen LogP contribution in [0.1, 0.15) is 25.1 Å². The minimum absolute atomic E-state index is 0.522. The summed E-state index contributed by atoms with van der Waals surface area (Å²) < 4.78 is 1.85. The standard InChI is InChI=1S/C11H15N5S/c1-2-6-12-9(4-1)8-10-13-14-15-16(10)11-5-3-7-17-11/h3,5,7,9,12H,1-2,4,6,8H2. The average molecular weight is 249 g/mol. The van der Waals surface area contributed by atoms with E-state index in [0.717, 1.165) is 23.8 Å². The molecule has 0 spiro atoms. The van der Waals surface area contributed by atoms with Crippen molar-refractivity contribution >= 4 is 11.3 Å². The minimum atomic E-state index is 0.522. The predicted molar refractivity (Wildman–Crippen MR) is 66.4 cm³/mol. The Labute approximate surface area is 104 Å². The Morgan fingerprint density at radius 1 is 1.47 bits per heavy atom. The van der Waals surface area contributed by atoms with Crippen molar-refractivity contribution in [1.82, 2.24) is 25.5 Å². The molecule has 90 valence electrons. The van der Waals surface area contributed by atoms with E-state index in [4.69, 9.17) is 0 Å². The number of aromatic nitrogens is 4. The Morgan fingerprint density at radius 2 is 2.47 bits per heavy atom. The third-order valence-corrected chi connectivity index (χ3v) is 3.93. The number of nitrogens with zero attached hydrogens (tertiary/aromatic N) is 4. The van der Waals surface area contributed by atoms with Gasteiger partial charge < -0.3 is 5.32 Å². The Balaban J connectivity index is 1.77. The first-order chi connectivity index (χ1) is 8.43. The SMILES string of the molecule is c1csc(-n2nnnc2CC2CCCCN2)c1. The normalized spacial score (nSPS) is 20.6. The van der Waals surface area contributed by atoms with Gasteiger partial charge in [0.25, 0.3) is 0 Å². The molecule has 17 heavy (non-hydrogen) atoms. The molecule has 2 aromatic rings. The lowest BCUT2D eigenvalue weighted by atomic mass is 10.0. The summed E-state index contributed by atoms with van der Waals surface area (Å²) in [6.45, 7) is 1.12. The molecule has 3 heterocycles. The molecule has 1 fully saturated rings. The fraction of sp³-hybridized carbons (Fsp3) is 0.545. The molecule has 0 radical (unpaired) electrons. The quantitative estimate of drug-likeness (QED) is 0.893. The summed E-state index contributed by atoms with van der Waals surface area (Å²) in [7, 11) is 0. The van der Waals surface area contributed by atoms with Crippen LogP contribution in [-0.4, -0.2) is 32.8 Å². The molecule has 1 aliphatic heterocycles. The van der Waals surface area contributed by atoms with Gasteiger partial charge in [-0.3, -0.25) is 0 Å². The van der Waals surface area contributed by atoms with Gasteiger partial charge in [0, 0.05) is 12.5 Å². The summed E-state index contributed by atoms with van der Waals surface area (Å²) in [5.41, 5.74) is 0. The summed E-state index contributed by atoms with van der Waals surface area (Å²) >= 11 is 1.66. The van der Waals surface area contributed by atoms with E-state index < -0.39 is 0 Å². The third-order valence-electron chi connectivity index (χ3n) is 3.09. The van der Waals surface area contributed by atoms with Crippen LogP contribution < -0.4 is 5.32 Å². The molecule has 0 aliphatic carbocycles. The smallest absolute Gasteiger partial charge is 0.159 e. The maximum Gasteiger partial charge on any atom is 0.159 e. The van der Waals surface area contributed by atoms with Crippen LogP contribution in [0, 0.1) is 0 Å². The lowest BCUT2D eigenvalue weighted by Gasteiger charge is -2.22. The molecule has 2 aromatic heterocycles. The second kappa shape index (κ2) is 4.93. The minimum Gasteiger partial charge on any atom is -0.314 e. The van der Waals surface area contributed by atoms with Crippen LogP contribution in [-0.2, 0) is 6.42 Å². The fourth-order valence-corrected chi connectivity index (χ4v) is 2.91. The summed E-state index contributed by atoms with van der Waals surface area (Å²) in [5, 5.41) is 18.6. The van der Waals surface area contributed by atoms with Gasteiger partial charge in [-0.15, -0.1) is 16.4 Å². The second-order valence-electron chi connectivity index (χ2n) is 4.31. The van der Waals surface area contributed by atoms with E-state index in [1.807, 2.05) is 22.2 Å². The monoisotopic (exact) mass is 249 g/mol. The van der Waals surface area contributed by atoms with E-state index in [9.17, 15) is 0 Å². The Bertz CT molecular complexity index is 458. The van der Waals surface area contributed by atoms with Crippen molar-refractivity contribution in [1.29, 1.82) is 0 Å². The molecule has 3 rings (SSSR count). The molecule has 1 N–H and O–H groups in total. The molecule has 0 aromatic carbocycles. The van der Waals surface area contributed by atoms with Crippen molar-refractivity contribution in [2.75, 3.05) is 6.54 Å². The Hall–Kier alpha value is -1.27. The lowest BCUT2D eigenvalue weighted by Crippen LogP contribution is -2.36. The van der Waals surface area contributed by atoms with Crippen LogP contribution >= 0.6 is 11.3 Å². The van der Waals surface area contributed by atoms with Crippen LogP contribution in [0.25, 0.3) is 5.00 Å². The van der Waals surface area contributed by atoms with Gasteiger partial charge in [-0.2, -0.15) is 4.68 Å². The van der Waals surface area contributed by atoms with Crippen LogP contribution in [0.5, 0.6) is 0 Å². The number of thiophene rings is 1. The summed E-state index contributed by atoms with van der Waals surface area (Å²) in [4.78, 5) is 0. The molecule has 0 bridgehead atoms. The molecular formula is C11H15N5S. The van der Waals surface area contributed by atoms with Gasteiger partial charge in [0.15, 0.2) is 5.82 Å². The third kappa shape index (κ3) is 2.37. The van der Waals surface area contributed by atoms with Gasteiger partial charge in [0.1, 0.15) is 5.00 Å². The zero-order valence-corrected chi connectivity index (χ0v) is 10.4. The first-order valence-electron chi connectivity index (χ1n) is 5.98. The maximum absolute atomic E-state index is 4.13. The van der Waals surface area contributed by atoms with E-state index in [0.29, 0.717) is 6.04 Å². The van der Waals surface area contributed by atoms with Crippen molar-refractivity contribution in [3.05, 3.63) is 23.3 Å². The number of tetrazole rings is 1. The van der Waals surface area contributed by atoms with Crippen LogP contribution in [0.2, 0.25) is 0 Å². The van der Waals surface area contributed by atoms with Crippen molar-refractivity contribution in [2.45, 2.75) is 31.7 Å². The molecule has 1 atom stereocenters. The summed E-state index contributed by atoms with van der Waals surface area (Å²) in [5.74, 6) is 0.951. The predicted octanol–water partition coefficient (Wildman–Crippen LogP) is 1.41. The second-order valence-corrected chi connectivity index (χ2v) is 5.24. The number of rotatable bonds is 3. The number of hydrogen-bond donors (Lipinski definition) is 1. The summed E-state index contributed by atoms with van der Waals surface area (Å²) in [6.07, 6.45) is 4.72. The van der Waals surface area contributed by atoms with Crippen molar-refractivity contribution in [3.63, 3.8) is 0 Å². The van der Waals surface area contributed by atoms with E-state index in [1.54, 1.807) is 11.3 Å². The zero-order chi connectivity index (χ0) is 11.5. The van der Waals surface area contributed by atoms with Crippen molar-refractivity contribution in [3.8, 4) is 5.00 Å². The van der Waals surface area contributed by atoms with Crippen LogP contribution in [0.4, 0.5) is 0 Å². The highest BCUT2D eigenvalue weighted by Crippen LogP contribution is 2.17. The van der Waals surface area contributed by atoms with Gasteiger partial charge in [0.2, 0.25) is 0 Å². The number of nitrogens with one attached hydrogen (secondary N) is 1. The average Bonchev–Trinajstić information content (AvgIpc) is 3.00. The van der Waals surface area contributed by atoms with E-state index in [2.05, 4.69) is 20.8 Å². The van der Waals surface area contributed by atoms with Gasteiger partial charge in [-0.1, -0.05) is 6.42 Å². The molecule has 1 unspecified atom stereocenters. The van der Waals surface area contributed by atoms with Gasteiger partial charge in [-0.25, -0.2) is 0 Å². The van der Waals surface area contributed by atoms with E-state index in [-0.39, 0.29) is 0 Å². The molecule has 0 amide bonds. The molecule has 0 saturated carbocycles. The van der Waals surface area contributed by atoms with Crippen LogP contribution in [0.3, 0.4) is 0 Å². The molecule has 6 heteroatoms. The van der Waals surface area contributed by atoms with E-state index >= 15 is 0 Å². The first kappa shape index (κ1) is 10.9. The van der Waals surface area contributed by atoms with Gasteiger partial charge in [-0.05, 0) is 47.3 Å². The highest BCUT2D eigenvalue weighted by atomic mass is 32.1. The topological polar surface area (TPSA) is 55.6 Å². The number of hydrogen-bond acceptors (Lipinski definition) is 5.